The molecule has 1 nitrogen and oxygen atoms in total. The first-order valence-electron chi connectivity index (χ1n) is 9.71. The van der Waals surface area contributed by atoms with Crippen molar-refractivity contribution in [3.63, 3.8) is 0 Å². The number of rotatable bonds is 2. The van der Waals surface area contributed by atoms with Gasteiger partial charge in [0.1, 0.15) is 5.76 Å². The standard InChI is InChI=1S/C25H25ClO/c1-16-6-9-18(10-7-16)25-21-12-8-17(2)14-19(21)4-3-5-23(25)22-13-11-20(26)15-24(22)27/h6-10,12,14-15,27H,3-5,11,13H2,1-2H3. The van der Waals surface area contributed by atoms with Gasteiger partial charge < -0.3 is 5.11 Å². The van der Waals surface area contributed by atoms with Gasteiger partial charge in [-0.25, -0.2) is 0 Å². The molecule has 0 saturated carbocycles. The van der Waals surface area contributed by atoms with Crippen LogP contribution in [-0.2, 0) is 6.42 Å². The quantitative estimate of drug-likeness (QED) is 0.588. The molecule has 0 amide bonds. The van der Waals surface area contributed by atoms with E-state index >= 15 is 0 Å². The van der Waals surface area contributed by atoms with Crippen molar-refractivity contribution in [2.24, 2.45) is 0 Å². The topological polar surface area (TPSA) is 20.2 Å². The number of aliphatic hydroxyl groups excluding tert-OH is 1. The zero-order chi connectivity index (χ0) is 19.0. The third kappa shape index (κ3) is 3.61. The molecule has 138 valence electrons. The molecular weight excluding hydrogens is 352 g/mol. The molecule has 0 atom stereocenters. The summed E-state index contributed by atoms with van der Waals surface area (Å²) < 4.78 is 0. The van der Waals surface area contributed by atoms with Gasteiger partial charge in [-0.3, -0.25) is 0 Å². The van der Waals surface area contributed by atoms with Crippen molar-refractivity contribution in [2.45, 2.75) is 46.0 Å². The van der Waals surface area contributed by atoms with Gasteiger partial charge in [-0.1, -0.05) is 65.2 Å². The Morgan fingerprint density at radius 3 is 2.30 bits per heavy atom. The number of halogens is 1. The third-order valence-electron chi connectivity index (χ3n) is 5.63. The summed E-state index contributed by atoms with van der Waals surface area (Å²) in [4.78, 5) is 0. The van der Waals surface area contributed by atoms with Gasteiger partial charge in [-0.15, -0.1) is 0 Å². The molecule has 2 aromatic carbocycles. The first kappa shape index (κ1) is 18.1. The molecule has 0 fully saturated rings. The SMILES string of the molecule is Cc1ccc(C2=C(C3=C(O)C=C(Cl)CC3)CCCc3cc(C)ccc32)cc1. The lowest BCUT2D eigenvalue weighted by molar-refractivity contribution is 0.419. The van der Waals surface area contributed by atoms with Gasteiger partial charge >= 0.3 is 0 Å². The van der Waals surface area contributed by atoms with Gasteiger partial charge in [0, 0.05) is 5.03 Å². The molecule has 0 aromatic heterocycles. The van der Waals surface area contributed by atoms with E-state index in [1.807, 2.05) is 0 Å². The molecule has 2 aliphatic rings. The Labute approximate surface area is 166 Å². The molecule has 2 aromatic rings. The Bertz CT molecular complexity index is 974. The molecular formula is C25H25ClO. The maximum atomic E-state index is 10.7. The molecule has 0 unspecified atom stereocenters. The minimum Gasteiger partial charge on any atom is -0.508 e. The van der Waals surface area contributed by atoms with Crippen LogP contribution in [0.3, 0.4) is 0 Å². The Morgan fingerprint density at radius 1 is 0.815 bits per heavy atom. The maximum absolute atomic E-state index is 10.7. The van der Waals surface area contributed by atoms with Gasteiger partial charge in [0.15, 0.2) is 0 Å². The highest BCUT2D eigenvalue weighted by atomic mass is 35.5. The zero-order valence-electron chi connectivity index (χ0n) is 16.0. The molecule has 0 bridgehead atoms. The van der Waals surface area contributed by atoms with E-state index < -0.39 is 0 Å². The lowest BCUT2D eigenvalue weighted by Gasteiger charge is -2.21. The maximum Gasteiger partial charge on any atom is 0.120 e. The van der Waals surface area contributed by atoms with Gasteiger partial charge in [0.2, 0.25) is 0 Å². The van der Waals surface area contributed by atoms with Crippen LogP contribution < -0.4 is 0 Å². The van der Waals surface area contributed by atoms with Gasteiger partial charge in [-0.2, -0.15) is 0 Å². The summed E-state index contributed by atoms with van der Waals surface area (Å²) in [5.41, 5.74) is 10.1. The van der Waals surface area contributed by atoms with Gasteiger partial charge in [0.25, 0.3) is 0 Å². The minimum absolute atomic E-state index is 0.335. The van der Waals surface area contributed by atoms with E-state index in [1.54, 1.807) is 6.08 Å². The fourth-order valence-electron chi connectivity index (χ4n) is 4.25. The van der Waals surface area contributed by atoms with Crippen LogP contribution in [0.1, 0.15) is 53.5 Å². The Hall–Kier alpha value is -2.25. The van der Waals surface area contributed by atoms with E-state index in [4.69, 9.17) is 11.6 Å². The number of hydrogen-bond acceptors (Lipinski definition) is 1. The van der Waals surface area contributed by atoms with Crippen LogP contribution in [0.5, 0.6) is 0 Å². The summed E-state index contributed by atoms with van der Waals surface area (Å²) in [6.45, 7) is 4.27. The number of aryl methyl sites for hydroxylation is 3. The van der Waals surface area contributed by atoms with Crippen molar-refractivity contribution in [3.8, 4) is 0 Å². The number of aliphatic hydroxyl groups is 1. The number of fused-ring (bicyclic) bond motifs is 1. The summed E-state index contributed by atoms with van der Waals surface area (Å²) in [5.74, 6) is 0.335. The van der Waals surface area contributed by atoms with E-state index in [9.17, 15) is 5.11 Å². The van der Waals surface area contributed by atoms with Crippen LogP contribution in [0.15, 0.2) is 70.5 Å². The molecule has 2 heteroatoms. The molecule has 0 heterocycles. The fraction of sp³-hybridized carbons (Fsp3) is 0.280. The largest absolute Gasteiger partial charge is 0.508 e. The number of hydrogen-bond donors (Lipinski definition) is 1. The van der Waals surface area contributed by atoms with Gasteiger partial charge in [-0.05, 0) is 85.4 Å². The first-order chi connectivity index (χ1) is 13.0. The van der Waals surface area contributed by atoms with E-state index in [0.29, 0.717) is 5.76 Å². The van der Waals surface area contributed by atoms with Crippen LogP contribution in [0, 0.1) is 13.8 Å². The molecule has 0 spiro atoms. The van der Waals surface area contributed by atoms with E-state index in [0.717, 1.165) is 42.7 Å². The summed E-state index contributed by atoms with van der Waals surface area (Å²) in [6, 6.07) is 15.5. The second-order valence-corrected chi connectivity index (χ2v) is 8.17. The third-order valence-corrected chi connectivity index (χ3v) is 5.92. The van der Waals surface area contributed by atoms with E-state index in [-0.39, 0.29) is 0 Å². The highest BCUT2D eigenvalue weighted by molar-refractivity contribution is 6.29. The zero-order valence-corrected chi connectivity index (χ0v) is 16.7. The summed E-state index contributed by atoms with van der Waals surface area (Å²) in [5, 5.41) is 11.4. The second-order valence-electron chi connectivity index (χ2n) is 7.69. The lowest BCUT2D eigenvalue weighted by atomic mass is 9.84. The lowest BCUT2D eigenvalue weighted by Crippen LogP contribution is -2.04. The highest BCUT2D eigenvalue weighted by Gasteiger charge is 2.24. The summed E-state index contributed by atoms with van der Waals surface area (Å²) in [6.07, 6.45) is 6.46. The average Bonchev–Trinajstić information content (AvgIpc) is 2.81. The van der Waals surface area contributed by atoms with Crippen LogP contribution in [0.2, 0.25) is 0 Å². The van der Waals surface area contributed by atoms with E-state index in [2.05, 4.69) is 56.3 Å². The molecule has 0 aliphatic heterocycles. The smallest absolute Gasteiger partial charge is 0.120 e. The molecule has 27 heavy (non-hydrogen) atoms. The van der Waals surface area contributed by atoms with Crippen molar-refractivity contribution >= 4 is 17.2 Å². The van der Waals surface area contributed by atoms with E-state index in [1.165, 1.54) is 39.0 Å². The molecule has 2 aliphatic carbocycles. The monoisotopic (exact) mass is 376 g/mol. The molecule has 0 saturated heterocycles. The molecule has 1 N–H and O–H groups in total. The van der Waals surface area contributed by atoms with Crippen molar-refractivity contribution in [1.29, 1.82) is 0 Å². The minimum atomic E-state index is 0.335. The Kier molecular flexibility index (Phi) is 4.97. The van der Waals surface area contributed by atoms with Crippen molar-refractivity contribution in [1.82, 2.24) is 0 Å². The average molecular weight is 377 g/mol. The first-order valence-corrected chi connectivity index (χ1v) is 10.1. The predicted molar refractivity (Wildman–Crippen MR) is 114 cm³/mol. The summed E-state index contributed by atoms with van der Waals surface area (Å²) >= 11 is 6.17. The molecule has 4 rings (SSSR count). The van der Waals surface area contributed by atoms with Crippen LogP contribution >= 0.6 is 11.6 Å². The van der Waals surface area contributed by atoms with Crippen LogP contribution in [0.4, 0.5) is 0 Å². The van der Waals surface area contributed by atoms with Crippen molar-refractivity contribution in [3.05, 3.63) is 98.3 Å². The second kappa shape index (κ2) is 7.40. The summed E-state index contributed by atoms with van der Waals surface area (Å²) in [7, 11) is 0. The van der Waals surface area contributed by atoms with Crippen LogP contribution in [-0.4, -0.2) is 5.11 Å². The fourth-order valence-corrected chi connectivity index (χ4v) is 4.45. The number of allylic oxidation sites excluding steroid dienone is 4. The predicted octanol–water partition coefficient (Wildman–Crippen LogP) is 7.17. The van der Waals surface area contributed by atoms with Crippen molar-refractivity contribution in [2.75, 3.05) is 0 Å². The Morgan fingerprint density at radius 2 is 1.56 bits per heavy atom. The van der Waals surface area contributed by atoms with Crippen molar-refractivity contribution < 1.29 is 5.11 Å². The number of benzene rings is 2. The van der Waals surface area contributed by atoms with Gasteiger partial charge in [0.05, 0.1) is 0 Å². The molecule has 0 radical (unpaired) electrons. The van der Waals surface area contributed by atoms with Crippen LogP contribution in [0.25, 0.3) is 5.57 Å². The highest BCUT2D eigenvalue weighted by Crippen LogP contribution is 2.42. The normalized spacial score (nSPS) is 17.5. The Balaban J connectivity index is 2.00.